The Morgan fingerprint density at radius 1 is 1.36 bits per heavy atom. The van der Waals surface area contributed by atoms with E-state index in [1.54, 1.807) is 24.4 Å². The predicted octanol–water partition coefficient (Wildman–Crippen LogP) is 2.49. The van der Waals surface area contributed by atoms with Crippen LogP contribution >= 0.6 is 0 Å². The summed E-state index contributed by atoms with van der Waals surface area (Å²) in [6, 6.07) is 6.69. The first-order valence-corrected chi connectivity index (χ1v) is 7.59. The molecule has 0 N–H and O–H groups in total. The number of aromatic nitrogens is 3. The average Bonchev–Trinajstić information content (AvgIpc) is 2.96. The molecule has 1 saturated heterocycles. The molecule has 22 heavy (non-hydrogen) atoms. The van der Waals surface area contributed by atoms with Crippen molar-refractivity contribution in [2.75, 3.05) is 6.54 Å². The van der Waals surface area contributed by atoms with Gasteiger partial charge in [0.15, 0.2) is 0 Å². The van der Waals surface area contributed by atoms with E-state index in [0.717, 1.165) is 19.4 Å². The number of carbonyl (C=O) groups is 1. The molecule has 116 valence electrons. The molecule has 6 heteroatoms. The molecule has 1 aromatic heterocycles. The molecule has 0 bridgehead atoms. The Hall–Kier alpha value is -2.24. The first-order chi connectivity index (χ1) is 10.6. The highest BCUT2D eigenvalue weighted by Crippen LogP contribution is 2.20. The molecule has 0 radical (unpaired) electrons. The lowest BCUT2D eigenvalue weighted by Gasteiger charge is -2.33. The Bertz CT molecular complexity index is 670. The van der Waals surface area contributed by atoms with Gasteiger partial charge in [0.25, 0.3) is 0 Å². The summed E-state index contributed by atoms with van der Waals surface area (Å²) < 4.78 is 15.2. The van der Waals surface area contributed by atoms with Crippen LogP contribution in [0.3, 0.4) is 0 Å². The third kappa shape index (κ3) is 3.00. The molecule has 1 atom stereocenters. The van der Waals surface area contributed by atoms with Gasteiger partial charge in [-0.2, -0.15) is 0 Å². The highest BCUT2D eigenvalue weighted by atomic mass is 19.1. The lowest BCUT2D eigenvalue weighted by molar-refractivity contribution is -0.135. The summed E-state index contributed by atoms with van der Waals surface area (Å²) in [6.45, 7) is 3.02. The number of amides is 1. The summed E-state index contributed by atoms with van der Waals surface area (Å²) in [6.07, 6.45) is 4.88. The van der Waals surface area contributed by atoms with Gasteiger partial charge in [-0.3, -0.25) is 4.79 Å². The maximum atomic E-state index is 13.7. The van der Waals surface area contributed by atoms with Crippen LogP contribution in [0.15, 0.2) is 30.5 Å². The number of carbonyl (C=O) groups excluding carboxylic acids is 1. The highest BCUT2D eigenvalue weighted by Gasteiger charge is 2.23. The Labute approximate surface area is 128 Å². The van der Waals surface area contributed by atoms with Gasteiger partial charge in [0.05, 0.1) is 6.20 Å². The van der Waals surface area contributed by atoms with Crippen LogP contribution in [0.4, 0.5) is 4.39 Å². The van der Waals surface area contributed by atoms with E-state index < -0.39 is 0 Å². The molecule has 5 nitrogen and oxygen atoms in total. The Morgan fingerprint density at radius 2 is 2.18 bits per heavy atom. The summed E-state index contributed by atoms with van der Waals surface area (Å²) in [4.78, 5) is 14.3. The lowest BCUT2D eigenvalue weighted by Crippen LogP contribution is -2.43. The van der Waals surface area contributed by atoms with E-state index in [4.69, 9.17) is 0 Å². The fraction of sp³-hybridized carbons (Fsp3) is 0.438. The third-order valence-corrected chi connectivity index (χ3v) is 4.11. The van der Waals surface area contributed by atoms with Crippen LogP contribution in [0.1, 0.15) is 26.2 Å². The molecule has 1 fully saturated rings. The molecule has 2 heterocycles. The number of nitrogens with zero attached hydrogens (tertiary/aromatic N) is 4. The topological polar surface area (TPSA) is 51.0 Å². The number of benzene rings is 1. The second-order valence-electron chi connectivity index (χ2n) is 5.71. The summed E-state index contributed by atoms with van der Waals surface area (Å²) in [5, 5.41) is 7.91. The summed E-state index contributed by atoms with van der Waals surface area (Å²) >= 11 is 0. The van der Waals surface area contributed by atoms with E-state index in [1.807, 2.05) is 4.90 Å². The number of rotatable bonds is 3. The van der Waals surface area contributed by atoms with Crippen LogP contribution in [0, 0.1) is 5.82 Å². The van der Waals surface area contributed by atoms with E-state index in [-0.39, 0.29) is 24.3 Å². The van der Waals surface area contributed by atoms with Crippen molar-refractivity contribution in [1.29, 1.82) is 0 Å². The molecule has 0 spiro atoms. The number of halogens is 1. The second kappa shape index (κ2) is 6.25. The van der Waals surface area contributed by atoms with Gasteiger partial charge < -0.3 is 4.90 Å². The van der Waals surface area contributed by atoms with Crippen LogP contribution in [-0.4, -0.2) is 38.4 Å². The Kier molecular flexibility index (Phi) is 4.18. The molecule has 0 aliphatic carbocycles. The highest BCUT2D eigenvalue weighted by molar-refractivity contribution is 5.76. The van der Waals surface area contributed by atoms with Gasteiger partial charge in [0.2, 0.25) is 5.91 Å². The maximum absolute atomic E-state index is 13.7. The van der Waals surface area contributed by atoms with Crippen molar-refractivity contribution < 1.29 is 9.18 Å². The molecule has 1 aromatic carbocycles. The van der Waals surface area contributed by atoms with E-state index in [0.29, 0.717) is 11.3 Å². The van der Waals surface area contributed by atoms with Gasteiger partial charge in [-0.1, -0.05) is 17.3 Å². The lowest BCUT2D eigenvalue weighted by atomic mass is 10.0. The standard InChI is InChI=1S/C16H19FN4O/c1-12-6-4-5-9-21(12)16(22)11-20-10-15(18-19-20)13-7-2-3-8-14(13)17/h2-3,7-8,10,12H,4-6,9,11H2,1H3. The van der Waals surface area contributed by atoms with E-state index >= 15 is 0 Å². The van der Waals surface area contributed by atoms with Gasteiger partial charge in [-0.05, 0) is 38.3 Å². The zero-order valence-electron chi connectivity index (χ0n) is 12.6. The average molecular weight is 302 g/mol. The van der Waals surface area contributed by atoms with Gasteiger partial charge in [-0.15, -0.1) is 5.10 Å². The Morgan fingerprint density at radius 3 is 2.95 bits per heavy atom. The van der Waals surface area contributed by atoms with Crippen molar-refractivity contribution in [1.82, 2.24) is 19.9 Å². The van der Waals surface area contributed by atoms with Crippen LogP contribution < -0.4 is 0 Å². The van der Waals surface area contributed by atoms with Crippen molar-refractivity contribution in [3.8, 4) is 11.3 Å². The minimum Gasteiger partial charge on any atom is -0.338 e. The normalized spacial score (nSPS) is 18.5. The number of piperidine rings is 1. The van der Waals surface area contributed by atoms with Crippen LogP contribution in [0.25, 0.3) is 11.3 Å². The second-order valence-corrected chi connectivity index (χ2v) is 5.71. The maximum Gasteiger partial charge on any atom is 0.244 e. The van der Waals surface area contributed by atoms with E-state index in [1.165, 1.54) is 17.2 Å². The Balaban J connectivity index is 1.72. The van der Waals surface area contributed by atoms with Crippen LogP contribution in [0.5, 0.6) is 0 Å². The van der Waals surface area contributed by atoms with Gasteiger partial charge >= 0.3 is 0 Å². The number of hydrogen-bond donors (Lipinski definition) is 0. The largest absolute Gasteiger partial charge is 0.338 e. The smallest absolute Gasteiger partial charge is 0.244 e. The fourth-order valence-corrected chi connectivity index (χ4v) is 2.87. The number of hydrogen-bond acceptors (Lipinski definition) is 3. The predicted molar refractivity (Wildman–Crippen MR) is 80.4 cm³/mol. The summed E-state index contributed by atoms with van der Waals surface area (Å²) in [5.41, 5.74) is 0.838. The van der Waals surface area contributed by atoms with Gasteiger partial charge in [0.1, 0.15) is 18.1 Å². The molecule has 1 unspecified atom stereocenters. The minimum absolute atomic E-state index is 0.0391. The van der Waals surface area contributed by atoms with Gasteiger partial charge in [0, 0.05) is 18.2 Å². The molecular formula is C16H19FN4O. The molecule has 0 saturated carbocycles. The van der Waals surface area contributed by atoms with Crippen molar-refractivity contribution >= 4 is 5.91 Å². The zero-order chi connectivity index (χ0) is 15.5. The minimum atomic E-state index is -0.342. The molecule has 1 aliphatic heterocycles. The van der Waals surface area contributed by atoms with Crippen molar-refractivity contribution in [2.45, 2.75) is 38.8 Å². The van der Waals surface area contributed by atoms with Crippen LogP contribution in [0.2, 0.25) is 0 Å². The van der Waals surface area contributed by atoms with Crippen LogP contribution in [-0.2, 0) is 11.3 Å². The fourth-order valence-electron chi connectivity index (χ4n) is 2.87. The third-order valence-electron chi connectivity index (χ3n) is 4.11. The van der Waals surface area contributed by atoms with Crippen molar-refractivity contribution in [3.05, 3.63) is 36.3 Å². The molecular weight excluding hydrogens is 283 g/mol. The SMILES string of the molecule is CC1CCCCN1C(=O)Cn1cc(-c2ccccc2F)nn1. The molecule has 1 aliphatic rings. The molecule has 3 rings (SSSR count). The summed E-state index contributed by atoms with van der Waals surface area (Å²) in [5.74, 6) is -0.303. The monoisotopic (exact) mass is 302 g/mol. The van der Waals surface area contributed by atoms with E-state index in [9.17, 15) is 9.18 Å². The number of likely N-dealkylation sites (tertiary alicyclic amines) is 1. The quantitative estimate of drug-likeness (QED) is 0.875. The first kappa shape index (κ1) is 14.7. The van der Waals surface area contributed by atoms with Gasteiger partial charge in [-0.25, -0.2) is 9.07 Å². The van der Waals surface area contributed by atoms with Crippen molar-refractivity contribution in [3.63, 3.8) is 0 Å². The van der Waals surface area contributed by atoms with E-state index in [2.05, 4.69) is 17.2 Å². The zero-order valence-corrected chi connectivity index (χ0v) is 12.6. The summed E-state index contributed by atoms with van der Waals surface area (Å²) in [7, 11) is 0. The first-order valence-electron chi connectivity index (χ1n) is 7.59. The molecule has 2 aromatic rings. The molecule has 1 amide bonds. The van der Waals surface area contributed by atoms with Crippen molar-refractivity contribution in [2.24, 2.45) is 0 Å².